The zero-order valence-electron chi connectivity index (χ0n) is 11.1. The van der Waals surface area contributed by atoms with Gasteiger partial charge in [-0.3, -0.25) is 9.59 Å². The van der Waals surface area contributed by atoms with Gasteiger partial charge in [-0.05, 0) is 18.9 Å². The summed E-state index contributed by atoms with van der Waals surface area (Å²) in [7, 11) is 0. The molecular weight excluding hydrogens is 218 g/mol. The van der Waals surface area contributed by atoms with Gasteiger partial charge in [0.1, 0.15) is 0 Å². The van der Waals surface area contributed by atoms with E-state index < -0.39 is 0 Å². The first-order valence-electron chi connectivity index (χ1n) is 6.30. The number of nitrogens with one attached hydrogen (secondary N) is 3. The van der Waals surface area contributed by atoms with Crippen molar-refractivity contribution in [1.82, 2.24) is 16.0 Å². The van der Waals surface area contributed by atoms with E-state index in [1.54, 1.807) is 0 Å². The van der Waals surface area contributed by atoms with Crippen LogP contribution in [0.5, 0.6) is 0 Å². The third-order valence-electron chi connectivity index (χ3n) is 2.27. The van der Waals surface area contributed by atoms with E-state index in [0.717, 1.165) is 19.5 Å². The second-order valence-corrected chi connectivity index (χ2v) is 4.41. The normalized spacial score (nSPS) is 10.4. The van der Waals surface area contributed by atoms with Gasteiger partial charge in [0.05, 0.1) is 6.54 Å². The third kappa shape index (κ3) is 11.2. The van der Waals surface area contributed by atoms with Gasteiger partial charge in [-0.15, -0.1) is 0 Å². The highest BCUT2D eigenvalue weighted by Crippen LogP contribution is 2.02. The maximum Gasteiger partial charge on any atom is 0.239 e. The van der Waals surface area contributed by atoms with Crippen LogP contribution in [0.2, 0.25) is 0 Å². The van der Waals surface area contributed by atoms with Crippen LogP contribution in [-0.2, 0) is 9.59 Å². The zero-order valence-corrected chi connectivity index (χ0v) is 11.1. The van der Waals surface area contributed by atoms with E-state index in [4.69, 9.17) is 0 Å². The summed E-state index contributed by atoms with van der Waals surface area (Å²) in [5.74, 6) is 0.316. The molecule has 0 saturated heterocycles. The van der Waals surface area contributed by atoms with Gasteiger partial charge in [-0.1, -0.05) is 20.8 Å². The molecule has 0 atom stereocenters. The smallest absolute Gasteiger partial charge is 0.239 e. The molecule has 0 aliphatic heterocycles. The molecule has 5 heteroatoms. The first-order valence-corrected chi connectivity index (χ1v) is 6.30. The summed E-state index contributed by atoms with van der Waals surface area (Å²) in [4.78, 5) is 22.6. The molecule has 5 nitrogen and oxygen atoms in total. The lowest BCUT2D eigenvalue weighted by atomic mass is 10.1. The van der Waals surface area contributed by atoms with Crippen LogP contribution in [0.15, 0.2) is 0 Å². The monoisotopic (exact) mass is 243 g/mol. The second-order valence-electron chi connectivity index (χ2n) is 4.41. The summed E-state index contributed by atoms with van der Waals surface area (Å²) >= 11 is 0. The second kappa shape index (κ2) is 10.1. The summed E-state index contributed by atoms with van der Waals surface area (Å²) in [6, 6.07) is 0. The molecule has 0 saturated carbocycles. The summed E-state index contributed by atoms with van der Waals surface area (Å²) < 4.78 is 0. The molecular formula is C12H25N3O2. The molecule has 0 rings (SSSR count). The predicted molar refractivity (Wildman–Crippen MR) is 68.6 cm³/mol. The number of amides is 2. The van der Waals surface area contributed by atoms with Crippen LogP contribution in [0.25, 0.3) is 0 Å². The molecule has 0 radical (unpaired) electrons. The van der Waals surface area contributed by atoms with Crippen LogP contribution < -0.4 is 16.0 Å². The van der Waals surface area contributed by atoms with Crippen molar-refractivity contribution < 1.29 is 9.59 Å². The fourth-order valence-electron chi connectivity index (χ4n) is 1.22. The van der Waals surface area contributed by atoms with Crippen LogP contribution in [0.1, 0.15) is 33.6 Å². The molecule has 0 aliphatic carbocycles. The molecule has 0 aliphatic rings. The zero-order chi connectivity index (χ0) is 13.1. The number of carbonyl (C=O) groups excluding carboxylic acids is 2. The van der Waals surface area contributed by atoms with E-state index in [1.807, 2.05) is 6.92 Å². The van der Waals surface area contributed by atoms with Crippen LogP contribution in [-0.4, -0.2) is 38.0 Å². The SMILES string of the molecule is CCNCCNC(=O)CNC(=O)CCC(C)C. The van der Waals surface area contributed by atoms with E-state index in [9.17, 15) is 9.59 Å². The molecule has 2 amide bonds. The Morgan fingerprint density at radius 3 is 2.35 bits per heavy atom. The minimum atomic E-state index is -0.138. The van der Waals surface area contributed by atoms with Crippen molar-refractivity contribution in [2.75, 3.05) is 26.2 Å². The van der Waals surface area contributed by atoms with Crippen molar-refractivity contribution >= 4 is 11.8 Å². The van der Waals surface area contributed by atoms with Gasteiger partial charge in [-0.2, -0.15) is 0 Å². The molecule has 0 unspecified atom stereocenters. The Balaban J connectivity index is 3.45. The van der Waals surface area contributed by atoms with Crippen molar-refractivity contribution in [3.8, 4) is 0 Å². The maximum absolute atomic E-state index is 11.3. The van der Waals surface area contributed by atoms with Gasteiger partial charge in [0.25, 0.3) is 0 Å². The predicted octanol–water partition coefficient (Wildman–Crippen LogP) is 0.265. The quantitative estimate of drug-likeness (QED) is 0.509. The average Bonchev–Trinajstić information content (AvgIpc) is 2.29. The lowest BCUT2D eigenvalue weighted by Crippen LogP contribution is -2.39. The molecule has 0 spiro atoms. The third-order valence-corrected chi connectivity index (χ3v) is 2.27. The summed E-state index contributed by atoms with van der Waals surface area (Å²) in [5.41, 5.74) is 0. The van der Waals surface area contributed by atoms with Crippen molar-refractivity contribution in [3.05, 3.63) is 0 Å². The van der Waals surface area contributed by atoms with Crippen LogP contribution in [0.4, 0.5) is 0 Å². The largest absolute Gasteiger partial charge is 0.353 e. The Bertz CT molecular complexity index is 230. The topological polar surface area (TPSA) is 70.2 Å². The highest BCUT2D eigenvalue weighted by Gasteiger charge is 2.05. The van der Waals surface area contributed by atoms with Crippen molar-refractivity contribution in [3.63, 3.8) is 0 Å². The van der Waals surface area contributed by atoms with E-state index in [0.29, 0.717) is 18.9 Å². The van der Waals surface area contributed by atoms with Crippen molar-refractivity contribution in [2.45, 2.75) is 33.6 Å². The van der Waals surface area contributed by atoms with Gasteiger partial charge in [0.2, 0.25) is 11.8 Å². The Morgan fingerprint density at radius 2 is 1.76 bits per heavy atom. The summed E-state index contributed by atoms with van der Waals surface area (Å²) in [6.07, 6.45) is 1.34. The highest BCUT2D eigenvalue weighted by atomic mass is 16.2. The molecule has 100 valence electrons. The van der Waals surface area contributed by atoms with E-state index in [1.165, 1.54) is 0 Å². The van der Waals surface area contributed by atoms with Crippen LogP contribution in [0.3, 0.4) is 0 Å². The standard InChI is InChI=1S/C12H25N3O2/c1-4-13-7-8-14-12(17)9-15-11(16)6-5-10(2)3/h10,13H,4-9H2,1-3H3,(H,14,17)(H,15,16). The van der Waals surface area contributed by atoms with Crippen molar-refractivity contribution in [1.29, 1.82) is 0 Å². The van der Waals surface area contributed by atoms with Crippen LogP contribution >= 0.6 is 0 Å². The lowest BCUT2D eigenvalue weighted by molar-refractivity contribution is -0.126. The Morgan fingerprint density at radius 1 is 1.06 bits per heavy atom. The molecule has 3 N–H and O–H groups in total. The van der Waals surface area contributed by atoms with E-state index in [2.05, 4.69) is 29.8 Å². The lowest BCUT2D eigenvalue weighted by Gasteiger charge is -2.08. The van der Waals surface area contributed by atoms with Gasteiger partial charge in [0, 0.05) is 19.5 Å². The molecule has 0 aromatic rings. The fraction of sp³-hybridized carbons (Fsp3) is 0.833. The molecule has 0 fully saturated rings. The van der Waals surface area contributed by atoms with Crippen molar-refractivity contribution in [2.24, 2.45) is 5.92 Å². The number of hydrogen-bond acceptors (Lipinski definition) is 3. The van der Waals surface area contributed by atoms with Gasteiger partial charge in [0.15, 0.2) is 0 Å². The Hall–Kier alpha value is -1.10. The highest BCUT2D eigenvalue weighted by molar-refractivity contribution is 5.84. The molecule has 17 heavy (non-hydrogen) atoms. The molecule has 0 aromatic carbocycles. The first kappa shape index (κ1) is 15.9. The summed E-state index contributed by atoms with van der Waals surface area (Å²) in [6.45, 7) is 8.46. The van der Waals surface area contributed by atoms with Gasteiger partial charge in [-0.25, -0.2) is 0 Å². The minimum absolute atomic E-state index is 0.0551. The molecule has 0 bridgehead atoms. The average molecular weight is 243 g/mol. The fourth-order valence-corrected chi connectivity index (χ4v) is 1.22. The maximum atomic E-state index is 11.3. The van der Waals surface area contributed by atoms with Gasteiger partial charge < -0.3 is 16.0 Å². The summed E-state index contributed by atoms with van der Waals surface area (Å²) in [5, 5.41) is 8.43. The number of hydrogen-bond donors (Lipinski definition) is 3. The van der Waals surface area contributed by atoms with E-state index >= 15 is 0 Å². The Labute approximate surface area is 104 Å². The minimum Gasteiger partial charge on any atom is -0.353 e. The van der Waals surface area contributed by atoms with Gasteiger partial charge >= 0.3 is 0 Å². The van der Waals surface area contributed by atoms with Crippen LogP contribution in [0, 0.1) is 5.92 Å². The number of carbonyl (C=O) groups is 2. The van der Waals surface area contributed by atoms with E-state index in [-0.39, 0.29) is 18.4 Å². The Kier molecular flexibility index (Phi) is 9.43. The molecule has 0 aromatic heterocycles. The number of rotatable bonds is 9. The first-order chi connectivity index (χ1) is 8.06. The number of likely N-dealkylation sites (N-methyl/N-ethyl adjacent to an activating group) is 1. The molecule has 0 heterocycles.